The van der Waals surface area contributed by atoms with Crippen LogP contribution < -0.4 is 0 Å². The Morgan fingerprint density at radius 1 is 0.870 bits per heavy atom. The van der Waals surface area contributed by atoms with Crippen molar-refractivity contribution >= 4 is 0 Å². The van der Waals surface area contributed by atoms with Crippen LogP contribution in [-0.4, -0.2) is 90.9 Å². The SMILES string of the molecule is COC(c1ccccc1)C1CN2CCN3CCN4CCN1C2C34. The van der Waals surface area contributed by atoms with E-state index in [0.29, 0.717) is 18.4 Å². The lowest BCUT2D eigenvalue weighted by Gasteiger charge is -2.50. The van der Waals surface area contributed by atoms with Crippen molar-refractivity contribution in [3.63, 3.8) is 0 Å². The first-order valence-electron chi connectivity index (χ1n) is 8.92. The quantitative estimate of drug-likeness (QED) is 0.815. The van der Waals surface area contributed by atoms with Crippen LogP contribution in [-0.2, 0) is 4.74 Å². The lowest BCUT2D eigenvalue weighted by atomic mass is 10.0. The van der Waals surface area contributed by atoms with Gasteiger partial charge in [0, 0.05) is 52.9 Å². The van der Waals surface area contributed by atoms with Gasteiger partial charge in [-0.15, -0.1) is 0 Å². The second kappa shape index (κ2) is 5.53. The molecule has 5 nitrogen and oxygen atoms in total. The Hall–Kier alpha value is -0.980. The maximum Gasteiger partial charge on any atom is 0.0989 e. The van der Waals surface area contributed by atoms with Crippen LogP contribution in [0.25, 0.3) is 0 Å². The number of nitrogens with zero attached hydrogens (tertiary/aromatic N) is 4. The average Bonchev–Trinajstić information content (AvgIpc) is 3.17. The lowest BCUT2D eigenvalue weighted by Crippen LogP contribution is -2.67. The van der Waals surface area contributed by atoms with E-state index in [4.69, 9.17) is 4.74 Å². The van der Waals surface area contributed by atoms with Crippen LogP contribution >= 0.6 is 0 Å². The largest absolute Gasteiger partial charge is 0.375 e. The molecule has 4 unspecified atom stereocenters. The van der Waals surface area contributed by atoms with E-state index in [-0.39, 0.29) is 6.10 Å². The van der Waals surface area contributed by atoms with Crippen LogP contribution in [0, 0.1) is 0 Å². The summed E-state index contributed by atoms with van der Waals surface area (Å²) in [5, 5.41) is 0. The number of hydrogen-bond donors (Lipinski definition) is 0. The number of rotatable bonds is 3. The highest BCUT2D eigenvalue weighted by molar-refractivity contribution is 5.21. The third-order valence-electron chi connectivity index (χ3n) is 6.30. The van der Waals surface area contributed by atoms with Crippen molar-refractivity contribution in [3.8, 4) is 0 Å². The van der Waals surface area contributed by atoms with E-state index >= 15 is 0 Å². The van der Waals surface area contributed by atoms with E-state index in [0.717, 1.165) is 6.54 Å². The van der Waals surface area contributed by atoms with Gasteiger partial charge in [0.1, 0.15) is 0 Å². The number of ether oxygens (including phenoxy) is 1. The van der Waals surface area contributed by atoms with Gasteiger partial charge >= 0.3 is 0 Å². The van der Waals surface area contributed by atoms with Gasteiger partial charge in [0.2, 0.25) is 0 Å². The third kappa shape index (κ3) is 2.11. The molecule has 5 heteroatoms. The van der Waals surface area contributed by atoms with Gasteiger partial charge in [0.05, 0.1) is 24.5 Å². The fourth-order valence-electron chi connectivity index (χ4n) is 5.29. The molecule has 0 bridgehead atoms. The van der Waals surface area contributed by atoms with Gasteiger partial charge in [0.15, 0.2) is 0 Å². The van der Waals surface area contributed by atoms with Crippen LogP contribution in [0.1, 0.15) is 11.7 Å². The minimum absolute atomic E-state index is 0.170. The Labute approximate surface area is 138 Å². The van der Waals surface area contributed by atoms with E-state index < -0.39 is 0 Å². The molecule has 0 aliphatic carbocycles. The van der Waals surface area contributed by atoms with E-state index in [1.165, 1.54) is 44.8 Å². The molecule has 0 amide bonds. The first-order valence-corrected chi connectivity index (χ1v) is 8.92. The molecule has 0 N–H and O–H groups in total. The lowest BCUT2D eigenvalue weighted by molar-refractivity contribution is -0.0902. The predicted octanol–water partition coefficient (Wildman–Crippen LogP) is 0.657. The summed E-state index contributed by atoms with van der Waals surface area (Å²) >= 11 is 0. The molecule has 4 saturated heterocycles. The fourth-order valence-corrected chi connectivity index (χ4v) is 5.29. The zero-order valence-corrected chi connectivity index (χ0v) is 13.8. The highest BCUT2D eigenvalue weighted by Gasteiger charge is 2.55. The molecule has 4 aliphatic heterocycles. The zero-order chi connectivity index (χ0) is 15.4. The van der Waals surface area contributed by atoms with Crippen molar-refractivity contribution in [2.75, 3.05) is 52.9 Å². The zero-order valence-electron chi connectivity index (χ0n) is 13.8. The van der Waals surface area contributed by atoms with Gasteiger partial charge in [-0.25, -0.2) is 0 Å². The number of methoxy groups -OCH3 is 1. The summed E-state index contributed by atoms with van der Waals surface area (Å²) in [4.78, 5) is 10.8. The van der Waals surface area contributed by atoms with Crippen molar-refractivity contribution in [2.45, 2.75) is 24.5 Å². The molecule has 4 heterocycles. The van der Waals surface area contributed by atoms with E-state index in [2.05, 4.69) is 49.9 Å². The molecule has 4 atom stereocenters. The molecule has 4 fully saturated rings. The van der Waals surface area contributed by atoms with Gasteiger partial charge < -0.3 is 4.74 Å². The minimum atomic E-state index is 0.170. The molecule has 0 saturated carbocycles. The first kappa shape index (κ1) is 14.4. The Morgan fingerprint density at radius 3 is 2.22 bits per heavy atom. The molecule has 1 aromatic carbocycles. The molecular weight excluding hydrogens is 288 g/mol. The van der Waals surface area contributed by atoms with Crippen LogP contribution in [0.3, 0.4) is 0 Å². The molecular formula is C18H26N4O. The maximum atomic E-state index is 5.99. The smallest absolute Gasteiger partial charge is 0.0989 e. The Balaban J connectivity index is 1.47. The molecule has 0 aromatic heterocycles. The van der Waals surface area contributed by atoms with Crippen molar-refractivity contribution in [1.29, 1.82) is 0 Å². The summed E-state index contributed by atoms with van der Waals surface area (Å²) in [6, 6.07) is 11.2. The molecule has 1 aromatic rings. The molecule has 124 valence electrons. The molecule has 5 rings (SSSR count). The Kier molecular flexibility index (Phi) is 3.46. The molecule has 23 heavy (non-hydrogen) atoms. The highest BCUT2D eigenvalue weighted by atomic mass is 16.5. The van der Waals surface area contributed by atoms with Crippen molar-refractivity contribution in [3.05, 3.63) is 35.9 Å². The highest BCUT2D eigenvalue weighted by Crippen LogP contribution is 2.40. The monoisotopic (exact) mass is 314 g/mol. The normalized spacial score (nSPS) is 36.3. The van der Waals surface area contributed by atoms with Crippen LogP contribution in [0.2, 0.25) is 0 Å². The molecule has 0 spiro atoms. The molecule has 4 aliphatic rings. The van der Waals surface area contributed by atoms with Gasteiger partial charge in [-0.3, -0.25) is 19.6 Å². The summed E-state index contributed by atoms with van der Waals surface area (Å²) in [7, 11) is 1.87. The van der Waals surface area contributed by atoms with Crippen molar-refractivity contribution in [1.82, 2.24) is 19.6 Å². The summed E-state index contributed by atoms with van der Waals surface area (Å²) in [6.07, 6.45) is 1.34. The molecule has 0 radical (unpaired) electrons. The maximum absolute atomic E-state index is 5.99. The summed E-state index contributed by atoms with van der Waals surface area (Å²) < 4.78 is 5.99. The topological polar surface area (TPSA) is 22.2 Å². The predicted molar refractivity (Wildman–Crippen MR) is 89.0 cm³/mol. The van der Waals surface area contributed by atoms with Crippen LogP contribution in [0.5, 0.6) is 0 Å². The standard InChI is InChI=1S/C18H26N4O/c1-23-16(14-5-3-2-4-6-14)15-13-21-10-9-19-7-8-20-11-12-22(15)18(21)17(19)20/h2-6,15-18H,7-13H2,1H3. The summed E-state index contributed by atoms with van der Waals surface area (Å²) in [5.41, 5.74) is 1.31. The van der Waals surface area contributed by atoms with Gasteiger partial charge in [-0.05, 0) is 5.56 Å². The third-order valence-corrected chi connectivity index (χ3v) is 6.30. The van der Waals surface area contributed by atoms with Crippen LogP contribution in [0.15, 0.2) is 30.3 Å². The Bertz CT molecular complexity index is 561. The van der Waals surface area contributed by atoms with Crippen LogP contribution in [0.4, 0.5) is 0 Å². The van der Waals surface area contributed by atoms with E-state index in [1.54, 1.807) is 0 Å². The van der Waals surface area contributed by atoms with Gasteiger partial charge in [-0.2, -0.15) is 0 Å². The first-order chi connectivity index (χ1) is 11.4. The van der Waals surface area contributed by atoms with E-state index in [9.17, 15) is 0 Å². The number of benzene rings is 1. The van der Waals surface area contributed by atoms with Gasteiger partial charge in [0.25, 0.3) is 0 Å². The Morgan fingerprint density at radius 2 is 1.52 bits per heavy atom. The fraction of sp³-hybridized carbons (Fsp3) is 0.667. The number of piperazine rings is 2. The second-order valence-electron chi connectivity index (χ2n) is 7.27. The van der Waals surface area contributed by atoms with E-state index in [1.807, 2.05) is 7.11 Å². The summed E-state index contributed by atoms with van der Waals surface area (Å²) in [6.45, 7) is 8.43. The van der Waals surface area contributed by atoms with Crippen molar-refractivity contribution < 1.29 is 4.74 Å². The van der Waals surface area contributed by atoms with Gasteiger partial charge in [-0.1, -0.05) is 30.3 Å². The average molecular weight is 314 g/mol. The summed E-state index contributed by atoms with van der Waals surface area (Å²) in [5.74, 6) is 0. The van der Waals surface area contributed by atoms with Crippen molar-refractivity contribution in [2.24, 2.45) is 0 Å². The number of hydrogen-bond acceptors (Lipinski definition) is 5. The second-order valence-corrected chi connectivity index (χ2v) is 7.27. The minimum Gasteiger partial charge on any atom is -0.375 e.